The lowest BCUT2D eigenvalue weighted by Gasteiger charge is -2.20. The van der Waals surface area contributed by atoms with Gasteiger partial charge in [0.2, 0.25) is 0 Å². The van der Waals surface area contributed by atoms with Crippen molar-refractivity contribution < 1.29 is 0 Å². The lowest BCUT2D eigenvalue weighted by atomic mass is 9.86. The number of nitrogens with zero attached hydrogens (tertiary/aromatic N) is 1. The van der Waals surface area contributed by atoms with Gasteiger partial charge in [0.1, 0.15) is 0 Å². The van der Waals surface area contributed by atoms with Gasteiger partial charge in [-0.3, -0.25) is 0 Å². The molecule has 9 aromatic carbocycles. The Balaban J connectivity index is 1.19. The van der Waals surface area contributed by atoms with Gasteiger partial charge in [0.05, 0.1) is 11.6 Å². The average molecular weight is 611 g/mol. The Labute approximate surface area is 279 Å². The summed E-state index contributed by atoms with van der Waals surface area (Å²) in [5.74, 6) is 0. The molecule has 0 atom stereocenters. The molecule has 2 heteroatoms. The van der Waals surface area contributed by atoms with Crippen molar-refractivity contribution >= 4 is 54.5 Å². The zero-order valence-electron chi connectivity index (χ0n) is 26.5. The summed E-state index contributed by atoms with van der Waals surface area (Å²) in [6.45, 7) is 2.16. The van der Waals surface area contributed by atoms with Crippen molar-refractivity contribution in [2.45, 2.75) is 6.92 Å². The van der Waals surface area contributed by atoms with Gasteiger partial charge in [-0.1, -0.05) is 121 Å². The minimum absolute atomic E-state index is 0.652. The van der Waals surface area contributed by atoms with Gasteiger partial charge in [-0.25, -0.2) is 0 Å². The molecule has 0 saturated carbocycles. The van der Waals surface area contributed by atoms with Crippen LogP contribution < -0.4 is 5.32 Å². The average Bonchev–Trinajstić information content (AvgIpc) is 3.14. The quantitative estimate of drug-likeness (QED) is 0.197. The molecule has 0 aromatic heterocycles. The van der Waals surface area contributed by atoms with Gasteiger partial charge < -0.3 is 5.32 Å². The minimum atomic E-state index is 0.652. The standard InChI is InChI=1S/C46H30N2/c1-29-5-2-8-37-27-36(21-24-39(29)37)31-17-22-38(23-18-31)48-43-10-4-9-40(32-13-11-30(28-47)12-14-32)46(43)42-26-20-35-16-15-33-6-3-7-34-19-25-41(42)45(35)44(33)34/h2-27,48H,1H3. The monoisotopic (exact) mass is 610 g/mol. The van der Waals surface area contributed by atoms with Crippen LogP contribution in [-0.4, -0.2) is 0 Å². The Bertz CT molecular complexity index is 2680. The van der Waals surface area contributed by atoms with Crippen LogP contribution in [0.4, 0.5) is 11.4 Å². The van der Waals surface area contributed by atoms with E-state index in [1.54, 1.807) is 0 Å². The largest absolute Gasteiger partial charge is 0.355 e. The van der Waals surface area contributed by atoms with E-state index < -0.39 is 0 Å². The van der Waals surface area contributed by atoms with Gasteiger partial charge in [-0.2, -0.15) is 5.26 Å². The molecule has 1 N–H and O–H groups in total. The summed E-state index contributed by atoms with van der Waals surface area (Å²) in [5, 5.41) is 23.4. The van der Waals surface area contributed by atoms with Gasteiger partial charge in [-0.05, 0) is 120 Å². The van der Waals surface area contributed by atoms with E-state index in [9.17, 15) is 5.26 Å². The van der Waals surface area contributed by atoms with E-state index in [0.29, 0.717) is 5.56 Å². The van der Waals surface area contributed by atoms with Crippen LogP contribution >= 0.6 is 0 Å². The Morgan fingerprint density at radius 2 is 1.10 bits per heavy atom. The summed E-state index contributed by atoms with van der Waals surface area (Å²) < 4.78 is 0. The van der Waals surface area contributed by atoms with E-state index in [-0.39, 0.29) is 0 Å². The number of nitrogens with one attached hydrogen (secondary N) is 1. The van der Waals surface area contributed by atoms with Crippen molar-refractivity contribution in [3.63, 3.8) is 0 Å². The highest BCUT2D eigenvalue weighted by atomic mass is 14.9. The molecule has 9 rings (SSSR count). The third-order valence-corrected chi connectivity index (χ3v) is 9.78. The SMILES string of the molecule is Cc1cccc2cc(-c3ccc(Nc4cccc(-c5ccc(C#N)cc5)c4-c4ccc5ccc6cccc7ccc4c5c67)cc3)ccc12. The maximum absolute atomic E-state index is 9.48. The van der Waals surface area contributed by atoms with Crippen LogP contribution in [0.1, 0.15) is 11.1 Å². The zero-order chi connectivity index (χ0) is 32.2. The summed E-state index contributed by atoms with van der Waals surface area (Å²) in [4.78, 5) is 0. The summed E-state index contributed by atoms with van der Waals surface area (Å²) in [5.41, 5.74) is 10.9. The van der Waals surface area contributed by atoms with Crippen LogP contribution in [0.3, 0.4) is 0 Å². The number of anilines is 2. The van der Waals surface area contributed by atoms with E-state index in [1.807, 2.05) is 12.1 Å². The Morgan fingerprint density at radius 1 is 0.479 bits per heavy atom. The fraction of sp³-hybridized carbons (Fsp3) is 0.0217. The lowest BCUT2D eigenvalue weighted by molar-refractivity contribution is 1.48. The summed E-state index contributed by atoms with van der Waals surface area (Å²) in [7, 11) is 0. The lowest BCUT2D eigenvalue weighted by Crippen LogP contribution is -1.97. The van der Waals surface area contributed by atoms with E-state index in [1.165, 1.54) is 65.3 Å². The summed E-state index contributed by atoms with van der Waals surface area (Å²) in [6, 6.07) is 58.6. The first-order chi connectivity index (χ1) is 23.6. The first-order valence-corrected chi connectivity index (χ1v) is 16.3. The summed E-state index contributed by atoms with van der Waals surface area (Å²) >= 11 is 0. The molecule has 0 saturated heterocycles. The number of hydrogen-bond acceptors (Lipinski definition) is 2. The molecule has 0 bridgehead atoms. The summed E-state index contributed by atoms with van der Waals surface area (Å²) in [6.07, 6.45) is 0. The molecule has 2 nitrogen and oxygen atoms in total. The molecule has 0 aliphatic rings. The van der Waals surface area contributed by atoms with E-state index in [0.717, 1.165) is 28.1 Å². The molecule has 0 spiro atoms. The predicted molar refractivity (Wildman–Crippen MR) is 203 cm³/mol. The number of fused-ring (bicyclic) bond motifs is 1. The smallest absolute Gasteiger partial charge is 0.0991 e. The van der Waals surface area contributed by atoms with Crippen molar-refractivity contribution in [2.75, 3.05) is 5.32 Å². The first kappa shape index (κ1) is 27.8. The molecule has 224 valence electrons. The van der Waals surface area contributed by atoms with Crippen LogP contribution in [0.25, 0.3) is 76.5 Å². The molecule has 48 heavy (non-hydrogen) atoms. The van der Waals surface area contributed by atoms with Crippen LogP contribution in [0.15, 0.2) is 158 Å². The molecular weight excluding hydrogens is 581 g/mol. The maximum Gasteiger partial charge on any atom is 0.0991 e. The molecule has 0 amide bonds. The van der Waals surface area contributed by atoms with Crippen molar-refractivity contribution in [3.05, 3.63) is 169 Å². The van der Waals surface area contributed by atoms with Gasteiger partial charge >= 0.3 is 0 Å². The molecule has 0 radical (unpaired) electrons. The first-order valence-electron chi connectivity index (χ1n) is 16.3. The van der Waals surface area contributed by atoms with E-state index in [2.05, 4.69) is 164 Å². The van der Waals surface area contributed by atoms with Crippen LogP contribution in [0.2, 0.25) is 0 Å². The maximum atomic E-state index is 9.48. The van der Waals surface area contributed by atoms with E-state index in [4.69, 9.17) is 0 Å². The Hall–Kier alpha value is -6.43. The zero-order valence-corrected chi connectivity index (χ0v) is 26.5. The third-order valence-electron chi connectivity index (χ3n) is 9.78. The molecule has 9 aromatic rings. The Morgan fingerprint density at radius 3 is 1.90 bits per heavy atom. The molecule has 0 heterocycles. The Kier molecular flexibility index (Phi) is 6.45. The third kappa shape index (κ3) is 4.56. The molecule has 0 fully saturated rings. The number of aryl methyl sites for hydroxylation is 1. The normalized spacial score (nSPS) is 11.4. The van der Waals surface area contributed by atoms with Crippen LogP contribution in [0, 0.1) is 18.3 Å². The number of benzene rings is 9. The van der Waals surface area contributed by atoms with Crippen molar-refractivity contribution in [1.82, 2.24) is 0 Å². The second-order valence-electron chi connectivity index (χ2n) is 12.6. The topological polar surface area (TPSA) is 35.8 Å². The van der Waals surface area contributed by atoms with Gasteiger partial charge in [-0.15, -0.1) is 0 Å². The predicted octanol–water partition coefficient (Wildman–Crippen LogP) is 12.7. The highest BCUT2D eigenvalue weighted by molar-refractivity contribution is 6.26. The van der Waals surface area contributed by atoms with Crippen LogP contribution in [-0.2, 0) is 0 Å². The highest BCUT2D eigenvalue weighted by Crippen LogP contribution is 2.45. The molecule has 0 unspecified atom stereocenters. The molecule has 0 aliphatic carbocycles. The van der Waals surface area contributed by atoms with Gasteiger partial charge in [0.25, 0.3) is 0 Å². The van der Waals surface area contributed by atoms with Crippen LogP contribution in [0.5, 0.6) is 0 Å². The minimum Gasteiger partial charge on any atom is -0.355 e. The molecular formula is C46H30N2. The van der Waals surface area contributed by atoms with Gasteiger partial charge in [0.15, 0.2) is 0 Å². The van der Waals surface area contributed by atoms with Crippen molar-refractivity contribution in [3.8, 4) is 39.4 Å². The fourth-order valence-electron chi connectivity index (χ4n) is 7.39. The van der Waals surface area contributed by atoms with E-state index >= 15 is 0 Å². The number of rotatable bonds is 5. The second-order valence-corrected chi connectivity index (χ2v) is 12.6. The van der Waals surface area contributed by atoms with Gasteiger partial charge in [0, 0.05) is 16.9 Å². The van der Waals surface area contributed by atoms with Crippen molar-refractivity contribution in [2.24, 2.45) is 0 Å². The number of hydrogen-bond donors (Lipinski definition) is 1. The molecule has 0 aliphatic heterocycles. The van der Waals surface area contributed by atoms with Crippen molar-refractivity contribution in [1.29, 1.82) is 5.26 Å². The second kappa shape index (κ2) is 11.1. The highest BCUT2D eigenvalue weighted by Gasteiger charge is 2.18. The fourth-order valence-corrected chi connectivity index (χ4v) is 7.39. The number of nitriles is 1.